The predicted molar refractivity (Wildman–Crippen MR) is 129 cm³/mol. The van der Waals surface area contributed by atoms with E-state index in [4.69, 9.17) is 9.47 Å². The molecule has 2 N–H and O–H groups in total. The number of aliphatic hydroxyl groups excluding tert-OH is 1. The second-order valence-corrected chi connectivity index (χ2v) is 9.48. The van der Waals surface area contributed by atoms with E-state index in [0.717, 1.165) is 16.9 Å². The Bertz CT molecular complexity index is 1130. The second kappa shape index (κ2) is 11.5. The molecule has 2 heterocycles. The third kappa shape index (κ3) is 6.70. The molecule has 0 radical (unpaired) electrons. The Labute approximate surface area is 197 Å². The summed E-state index contributed by atoms with van der Waals surface area (Å²) in [5.74, 6) is 0.380. The quantitative estimate of drug-likeness (QED) is 0.412. The van der Waals surface area contributed by atoms with Crippen LogP contribution in [0.3, 0.4) is 0 Å². The van der Waals surface area contributed by atoms with Crippen LogP contribution in [0.15, 0.2) is 35.1 Å². The standard InChI is InChI=1S/C24H31N3O5S/c1-15(2)13-32-14-18(28)11-27(10-17-8-6-5-7-9-17)12-19-25-22(29)20-16(3)21(24(30)31-4)33-23(20)26-19/h5-9,15,18,28H,10-14H2,1-4H3,(H,25,26,29). The van der Waals surface area contributed by atoms with E-state index in [1.807, 2.05) is 35.2 Å². The minimum Gasteiger partial charge on any atom is -0.465 e. The van der Waals surface area contributed by atoms with Crippen LogP contribution < -0.4 is 5.56 Å². The Morgan fingerprint density at radius 2 is 1.94 bits per heavy atom. The van der Waals surface area contributed by atoms with Gasteiger partial charge in [0.15, 0.2) is 0 Å². The number of aromatic amines is 1. The summed E-state index contributed by atoms with van der Waals surface area (Å²) in [7, 11) is 1.31. The van der Waals surface area contributed by atoms with Gasteiger partial charge in [-0.3, -0.25) is 9.69 Å². The highest BCUT2D eigenvalue weighted by Gasteiger charge is 2.21. The van der Waals surface area contributed by atoms with Crippen molar-refractivity contribution in [1.29, 1.82) is 0 Å². The number of esters is 1. The fraction of sp³-hybridized carbons (Fsp3) is 0.458. The molecule has 0 saturated carbocycles. The van der Waals surface area contributed by atoms with Crippen molar-refractivity contribution in [2.75, 3.05) is 26.9 Å². The number of aromatic nitrogens is 2. The van der Waals surface area contributed by atoms with Crippen molar-refractivity contribution in [3.63, 3.8) is 0 Å². The molecule has 3 aromatic rings. The van der Waals surface area contributed by atoms with Gasteiger partial charge in [-0.1, -0.05) is 44.2 Å². The van der Waals surface area contributed by atoms with Crippen LogP contribution in [0.2, 0.25) is 0 Å². The van der Waals surface area contributed by atoms with E-state index in [-0.39, 0.29) is 12.2 Å². The zero-order chi connectivity index (χ0) is 24.0. The number of aliphatic hydroxyl groups is 1. The number of hydrogen-bond acceptors (Lipinski definition) is 8. The van der Waals surface area contributed by atoms with Gasteiger partial charge in [-0.25, -0.2) is 9.78 Å². The van der Waals surface area contributed by atoms with E-state index in [0.29, 0.717) is 58.6 Å². The summed E-state index contributed by atoms with van der Waals surface area (Å²) in [6.45, 7) is 7.91. The summed E-state index contributed by atoms with van der Waals surface area (Å²) < 4.78 is 10.4. The number of methoxy groups -OCH3 is 1. The van der Waals surface area contributed by atoms with Crippen molar-refractivity contribution < 1.29 is 19.4 Å². The van der Waals surface area contributed by atoms with Gasteiger partial charge in [-0.05, 0) is 24.0 Å². The molecule has 1 unspecified atom stereocenters. The Morgan fingerprint density at radius 1 is 1.21 bits per heavy atom. The summed E-state index contributed by atoms with van der Waals surface area (Å²) in [6, 6.07) is 9.90. The summed E-state index contributed by atoms with van der Waals surface area (Å²) in [5.41, 5.74) is 1.36. The number of benzene rings is 1. The summed E-state index contributed by atoms with van der Waals surface area (Å²) >= 11 is 1.15. The first-order valence-corrected chi connectivity index (χ1v) is 11.7. The number of carbonyl (C=O) groups excluding carboxylic acids is 1. The van der Waals surface area contributed by atoms with E-state index in [1.54, 1.807) is 6.92 Å². The molecule has 3 rings (SSSR count). The van der Waals surface area contributed by atoms with Gasteiger partial charge in [0.1, 0.15) is 15.5 Å². The molecule has 0 spiro atoms. The number of carbonyl (C=O) groups is 1. The molecule has 1 aromatic carbocycles. The van der Waals surface area contributed by atoms with Crippen LogP contribution >= 0.6 is 11.3 Å². The Hall–Kier alpha value is -2.59. The smallest absolute Gasteiger partial charge is 0.348 e. The number of ether oxygens (including phenoxy) is 2. The van der Waals surface area contributed by atoms with Gasteiger partial charge in [-0.15, -0.1) is 11.3 Å². The number of hydrogen-bond donors (Lipinski definition) is 2. The molecule has 0 saturated heterocycles. The van der Waals surface area contributed by atoms with Crippen LogP contribution in [0.5, 0.6) is 0 Å². The minimum atomic E-state index is -0.683. The fourth-order valence-corrected chi connectivity index (χ4v) is 4.70. The molecular formula is C24H31N3O5S. The molecule has 9 heteroatoms. The van der Waals surface area contributed by atoms with Crippen LogP contribution in [0.4, 0.5) is 0 Å². The van der Waals surface area contributed by atoms with Crippen LogP contribution in [0, 0.1) is 12.8 Å². The average Bonchev–Trinajstić information content (AvgIpc) is 3.10. The fourth-order valence-electron chi connectivity index (χ4n) is 3.58. The zero-order valence-corrected chi connectivity index (χ0v) is 20.3. The molecule has 178 valence electrons. The number of nitrogens with one attached hydrogen (secondary N) is 1. The highest BCUT2D eigenvalue weighted by atomic mass is 32.1. The average molecular weight is 474 g/mol. The molecule has 0 fully saturated rings. The van der Waals surface area contributed by atoms with Crippen molar-refractivity contribution in [2.45, 2.75) is 40.0 Å². The van der Waals surface area contributed by atoms with Crippen molar-refractivity contribution in [2.24, 2.45) is 5.92 Å². The molecule has 1 atom stereocenters. The SMILES string of the molecule is COC(=O)c1sc2nc(CN(Cc3ccccc3)CC(O)COCC(C)C)[nH]c(=O)c2c1C. The molecule has 0 amide bonds. The molecule has 2 aromatic heterocycles. The Kier molecular flexibility index (Phi) is 8.74. The van der Waals surface area contributed by atoms with E-state index >= 15 is 0 Å². The largest absolute Gasteiger partial charge is 0.465 e. The topological polar surface area (TPSA) is 105 Å². The number of H-pyrrole nitrogens is 1. The summed E-state index contributed by atoms with van der Waals surface area (Å²) in [6.07, 6.45) is -0.683. The molecule has 0 aliphatic rings. The lowest BCUT2D eigenvalue weighted by atomic mass is 10.2. The van der Waals surface area contributed by atoms with Crippen LogP contribution in [-0.2, 0) is 22.6 Å². The van der Waals surface area contributed by atoms with E-state index in [2.05, 4.69) is 23.8 Å². The first-order valence-electron chi connectivity index (χ1n) is 10.9. The number of nitrogens with zero attached hydrogens (tertiary/aromatic N) is 2. The molecule has 0 bridgehead atoms. The molecule has 33 heavy (non-hydrogen) atoms. The monoisotopic (exact) mass is 473 g/mol. The van der Waals surface area contributed by atoms with Crippen LogP contribution in [0.25, 0.3) is 10.2 Å². The van der Waals surface area contributed by atoms with Gasteiger partial charge < -0.3 is 19.6 Å². The van der Waals surface area contributed by atoms with Crippen LogP contribution in [0.1, 0.15) is 40.5 Å². The van der Waals surface area contributed by atoms with Crippen molar-refractivity contribution in [3.05, 3.63) is 62.5 Å². The van der Waals surface area contributed by atoms with Gasteiger partial charge >= 0.3 is 5.97 Å². The van der Waals surface area contributed by atoms with E-state index in [9.17, 15) is 14.7 Å². The first kappa shape index (κ1) is 25.0. The van der Waals surface area contributed by atoms with Gasteiger partial charge in [-0.2, -0.15) is 0 Å². The predicted octanol–water partition coefficient (Wildman–Crippen LogP) is 3.12. The third-order valence-electron chi connectivity index (χ3n) is 5.07. The minimum absolute atomic E-state index is 0.235. The lowest BCUT2D eigenvalue weighted by Gasteiger charge is -2.25. The number of aryl methyl sites for hydroxylation is 1. The molecule has 0 aliphatic heterocycles. The third-order valence-corrected chi connectivity index (χ3v) is 6.24. The molecule has 8 nitrogen and oxygen atoms in total. The lowest BCUT2D eigenvalue weighted by Crippen LogP contribution is -2.35. The number of rotatable bonds is 11. The van der Waals surface area contributed by atoms with E-state index < -0.39 is 12.1 Å². The Balaban J connectivity index is 1.83. The number of fused-ring (bicyclic) bond motifs is 1. The van der Waals surface area contributed by atoms with Crippen molar-refractivity contribution >= 4 is 27.5 Å². The lowest BCUT2D eigenvalue weighted by molar-refractivity contribution is 0.00517. The van der Waals surface area contributed by atoms with Gasteiger partial charge in [0.25, 0.3) is 5.56 Å². The van der Waals surface area contributed by atoms with Crippen molar-refractivity contribution in [3.8, 4) is 0 Å². The summed E-state index contributed by atoms with van der Waals surface area (Å²) in [4.78, 5) is 35.2. The van der Waals surface area contributed by atoms with Gasteiger partial charge in [0.2, 0.25) is 0 Å². The maximum atomic E-state index is 12.8. The van der Waals surface area contributed by atoms with Gasteiger partial charge in [0.05, 0.1) is 31.8 Å². The molecular weight excluding hydrogens is 442 g/mol. The highest BCUT2D eigenvalue weighted by molar-refractivity contribution is 7.20. The Morgan fingerprint density at radius 3 is 2.61 bits per heavy atom. The molecule has 0 aliphatic carbocycles. The van der Waals surface area contributed by atoms with Crippen molar-refractivity contribution in [1.82, 2.24) is 14.9 Å². The normalized spacial score (nSPS) is 12.6. The van der Waals surface area contributed by atoms with Gasteiger partial charge in [0, 0.05) is 19.7 Å². The van der Waals surface area contributed by atoms with Crippen LogP contribution in [-0.4, -0.2) is 58.9 Å². The zero-order valence-electron chi connectivity index (χ0n) is 19.5. The number of thiophene rings is 1. The second-order valence-electron chi connectivity index (χ2n) is 8.48. The maximum Gasteiger partial charge on any atom is 0.348 e. The first-order chi connectivity index (χ1) is 15.8. The summed E-state index contributed by atoms with van der Waals surface area (Å²) in [5, 5.41) is 10.9. The maximum absolute atomic E-state index is 12.8. The highest BCUT2D eigenvalue weighted by Crippen LogP contribution is 2.27. The van der Waals surface area contributed by atoms with E-state index in [1.165, 1.54) is 7.11 Å².